The highest BCUT2D eigenvalue weighted by Crippen LogP contribution is 2.16. The van der Waals surface area contributed by atoms with Crippen molar-refractivity contribution < 1.29 is 14.3 Å². The second-order valence-electron chi connectivity index (χ2n) is 7.52. The Hall–Kier alpha value is -3.13. The van der Waals surface area contributed by atoms with Crippen LogP contribution in [0.5, 0.6) is 5.75 Å². The molecule has 1 aromatic heterocycles. The van der Waals surface area contributed by atoms with Crippen LogP contribution in [0.25, 0.3) is 0 Å². The molecule has 0 bridgehead atoms. The lowest BCUT2D eigenvalue weighted by atomic mass is 10.1. The number of pyridine rings is 1. The highest BCUT2D eigenvalue weighted by Gasteiger charge is 2.32. The van der Waals surface area contributed by atoms with Crippen molar-refractivity contribution >= 4 is 11.8 Å². The molecule has 1 unspecified atom stereocenters. The first-order valence-corrected chi connectivity index (χ1v) is 9.99. The van der Waals surface area contributed by atoms with Crippen LogP contribution >= 0.6 is 0 Å². The number of nitrogens with zero attached hydrogens (tertiary/aromatic N) is 3. The van der Waals surface area contributed by atoms with E-state index in [0.717, 1.165) is 11.3 Å². The van der Waals surface area contributed by atoms with E-state index in [-0.39, 0.29) is 17.4 Å². The zero-order valence-corrected chi connectivity index (χ0v) is 17.6. The van der Waals surface area contributed by atoms with Crippen LogP contribution < -0.4 is 15.6 Å². The SMILES string of the molecule is Cc1ccccc1OCCNC(=O)C1CN(C(=O)c2ccc(=O)n(C)c2)CCN1C. The van der Waals surface area contributed by atoms with Crippen molar-refractivity contribution in [3.8, 4) is 5.75 Å². The van der Waals surface area contributed by atoms with Gasteiger partial charge in [0.15, 0.2) is 0 Å². The first-order valence-electron chi connectivity index (χ1n) is 9.99. The Morgan fingerprint density at radius 1 is 1.13 bits per heavy atom. The maximum absolute atomic E-state index is 12.8. The van der Waals surface area contributed by atoms with Crippen molar-refractivity contribution in [2.24, 2.45) is 7.05 Å². The number of nitrogens with one attached hydrogen (secondary N) is 1. The number of hydrogen-bond donors (Lipinski definition) is 1. The van der Waals surface area contributed by atoms with Crippen molar-refractivity contribution in [1.29, 1.82) is 0 Å². The molecule has 1 N–H and O–H groups in total. The predicted octanol–water partition coefficient (Wildman–Crippen LogP) is 0.645. The fourth-order valence-corrected chi connectivity index (χ4v) is 3.42. The molecule has 1 saturated heterocycles. The van der Waals surface area contributed by atoms with Gasteiger partial charge in [-0.25, -0.2) is 0 Å². The van der Waals surface area contributed by atoms with Crippen molar-refractivity contribution in [1.82, 2.24) is 19.7 Å². The van der Waals surface area contributed by atoms with Crippen LogP contribution in [0.15, 0.2) is 47.4 Å². The minimum Gasteiger partial charge on any atom is -0.491 e. The molecule has 8 nitrogen and oxygen atoms in total. The Kier molecular flexibility index (Phi) is 6.89. The van der Waals surface area contributed by atoms with Gasteiger partial charge in [-0.05, 0) is 31.7 Å². The molecule has 2 amide bonds. The minimum atomic E-state index is -0.436. The van der Waals surface area contributed by atoms with Gasteiger partial charge in [0.2, 0.25) is 11.5 Å². The summed E-state index contributed by atoms with van der Waals surface area (Å²) in [5, 5.41) is 2.90. The summed E-state index contributed by atoms with van der Waals surface area (Å²) in [6.07, 6.45) is 1.53. The molecular weight excluding hydrogens is 384 g/mol. The largest absolute Gasteiger partial charge is 0.491 e. The summed E-state index contributed by atoms with van der Waals surface area (Å²) < 4.78 is 7.10. The maximum Gasteiger partial charge on any atom is 0.255 e. The summed E-state index contributed by atoms with van der Waals surface area (Å²) in [7, 11) is 3.49. The van der Waals surface area contributed by atoms with Gasteiger partial charge in [-0.2, -0.15) is 0 Å². The molecule has 30 heavy (non-hydrogen) atoms. The van der Waals surface area contributed by atoms with E-state index in [2.05, 4.69) is 5.32 Å². The van der Waals surface area contributed by atoms with Gasteiger partial charge in [0.1, 0.15) is 18.4 Å². The standard InChI is InChI=1S/C22H28N4O4/c1-16-6-4-5-7-19(16)30-13-10-23-21(28)18-15-26(12-11-24(18)2)22(29)17-8-9-20(27)25(3)14-17/h4-9,14,18H,10-13,15H2,1-3H3,(H,23,28). The number of para-hydroxylation sites is 1. The topological polar surface area (TPSA) is 83.9 Å². The Labute approximate surface area is 176 Å². The van der Waals surface area contributed by atoms with Crippen LogP contribution in [0.4, 0.5) is 0 Å². The molecular formula is C22H28N4O4. The second-order valence-corrected chi connectivity index (χ2v) is 7.52. The number of benzene rings is 1. The van der Waals surface area contributed by atoms with E-state index in [9.17, 15) is 14.4 Å². The molecule has 1 aliphatic heterocycles. The van der Waals surface area contributed by atoms with Crippen molar-refractivity contribution in [2.75, 3.05) is 39.8 Å². The third kappa shape index (κ3) is 5.07. The number of ether oxygens (including phenoxy) is 1. The second kappa shape index (κ2) is 9.58. The number of carbonyl (C=O) groups is 2. The van der Waals surface area contributed by atoms with Gasteiger partial charge >= 0.3 is 0 Å². The van der Waals surface area contributed by atoms with Gasteiger partial charge in [0.05, 0.1) is 12.1 Å². The fourth-order valence-electron chi connectivity index (χ4n) is 3.42. The molecule has 2 aromatic rings. The first-order chi connectivity index (χ1) is 14.4. The molecule has 0 saturated carbocycles. The summed E-state index contributed by atoms with van der Waals surface area (Å²) in [4.78, 5) is 40.7. The van der Waals surface area contributed by atoms with E-state index in [1.54, 1.807) is 11.9 Å². The number of aryl methyl sites for hydroxylation is 2. The number of amides is 2. The summed E-state index contributed by atoms with van der Waals surface area (Å²) in [5.41, 5.74) is 1.31. The minimum absolute atomic E-state index is 0.135. The van der Waals surface area contributed by atoms with Crippen molar-refractivity contribution in [3.05, 3.63) is 64.1 Å². The van der Waals surface area contributed by atoms with E-state index >= 15 is 0 Å². The average Bonchev–Trinajstić information content (AvgIpc) is 2.74. The molecule has 2 heterocycles. The molecule has 1 atom stereocenters. The zero-order valence-electron chi connectivity index (χ0n) is 17.6. The fraction of sp³-hybridized carbons (Fsp3) is 0.409. The van der Waals surface area contributed by atoms with E-state index < -0.39 is 6.04 Å². The van der Waals surface area contributed by atoms with Gasteiger partial charge in [0, 0.05) is 38.9 Å². The summed E-state index contributed by atoms with van der Waals surface area (Å²) in [5.74, 6) is 0.485. The van der Waals surface area contributed by atoms with Crippen molar-refractivity contribution in [3.63, 3.8) is 0 Å². The van der Waals surface area contributed by atoms with Crippen LogP contribution in [-0.2, 0) is 11.8 Å². The maximum atomic E-state index is 12.8. The van der Waals surface area contributed by atoms with E-state index in [1.165, 1.54) is 22.9 Å². The van der Waals surface area contributed by atoms with Gasteiger partial charge < -0.3 is 19.5 Å². The van der Waals surface area contributed by atoms with Gasteiger partial charge in [-0.1, -0.05) is 18.2 Å². The molecule has 1 aromatic carbocycles. The monoisotopic (exact) mass is 412 g/mol. The molecule has 8 heteroatoms. The Balaban J connectivity index is 1.54. The van der Waals surface area contributed by atoms with Crippen LogP contribution in [0.3, 0.4) is 0 Å². The summed E-state index contributed by atoms with van der Waals surface area (Å²) in [6.45, 7) is 4.14. The third-order valence-corrected chi connectivity index (χ3v) is 5.32. The Morgan fingerprint density at radius 2 is 1.90 bits per heavy atom. The smallest absolute Gasteiger partial charge is 0.255 e. The Bertz CT molecular complexity index is 972. The molecule has 0 aliphatic carbocycles. The molecule has 160 valence electrons. The van der Waals surface area contributed by atoms with Crippen LogP contribution in [0, 0.1) is 6.92 Å². The molecule has 0 spiro atoms. The van der Waals surface area contributed by atoms with Crippen LogP contribution in [0.1, 0.15) is 15.9 Å². The first kappa shape index (κ1) is 21.6. The van der Waals surface area contributed by atoms with E-state index in [4.69, 9.17) is 4.74 Å². The molecule has 1 aliphatic rings. The quantitative estimate of drug-likeness (QED) is 0.705. The Morgan fingerprint density at radius 3 is 2.63 bits per heavy atom. The summed E-state index contributed by atoms with van der Waals surface area (Å²) >= 11 is 0. The normalized spacial score (nSPS) is 16.9. The lowest BCUT2D eigenvalue weighted by Crippen LogP contribution is -2.59. The lowest BCUT2D eigenvalue weighted by Gasteiger charge is -2.38. The zero-order chi connectivity index (χ0) is 21.7. The number of carbonyl (C=O) groups excluding carboxylic acids is 2. The van der Waals surface area contributed by atoms with Crippen LogP contribution in [0.2, 0.25) is 0 Å². The number of aromatic nitrogens is 1. The lowest BCUT2D eigenvalue weighted by molar-refractivity contribution is -0.127. The van der Waals surface area contributed by atoms with E-state index in [0.29, 0.717) is 38.3 Å². The summed E-state index contributed by atoms with van der Waals surface area (Å²) in [6, 6.07) is 10.2. The van der Waals surface area contributed by atoms with Crippen LogP contribution in [-0.4, -0.2) is 72.1 Å². The molecule has 0 radical (unpaired) electrons. The average molecular weight is 412 g/mol. The third-order valence-electron chi connectivity index (χ3n) is 5.32. The van der Waals surface area contributed by atoms with Gasteiger partial charge in [0.25, 0.3) is 5.91 Å². The van der Waals surface area contributed by atoms with E-state index in [1.807, 2.05) is 43.1 Å². The highest BCUT2D eigenvalue weighted by atomic mass is 16.5. The highest BCUT2D eigenvalue weighted by molar-refractivity contribution is 5.94. The number of hydrogen-bond acceptors (Lipinski definition) is 5. The number of rotatable bonds is 6. The number of likely N-dealkylation sites (N-methyl/N-ethyl adjacent to an activating group) is 1. The molecule has 3 rings (SSSR count). The van der Waals surface area contributed by atoms with Gasteiger partial charge in [-0.3, -0.25) is 19.3 Å². The van der Waals surface area contributed by atoms with Crippen molar-refractivity contribution in [2.45, 2.75) is 13.0 Å². The molecule has 1 fully saturated rings. The van der Waals surface area contributed by atoms with Gasteiger partial charge in [-0.15, -0.1) is 0 Å². The predicted molar refractivity (Wildman–Crippen MR) is 114 cm³/mol. The number of piperazine rings is 1.